The number of hydrogen-bond acceptors (Lipinski definition) is 9. The van der Waals surface area contributed by atoms with Crippen LogP contribution in [0, 0.1) is 0 Å². The Balaban J connectivity index is 1.25. The lowest BCUT2D eigenvalue weighted by Gasteiger charge is -2.21. The number of amides is 2. The number of aromatic carboxylic acids is 1. The van der Waals surface area contributed by atoms with E-state index in [-0.39, 0.29) is 24.6 Å². The summed E-state index contributed by atoms with van der Waals surface area (Å²) >= 11 is 0. The van der Waals surface area contributed by atoms with E-state index in [4.69, 9.17) is 18.9 Å². The van der Waals surface area contributed by atoms with Gasteiger partial charge >= 0.3 is 12.0 Å². The summed E-state index contributed by atoms with van der Waals surface area (Å²) in [6.45, 7) is 2.49. The number of anilines is 1. The number of carboxylic acid groups (broad SMARTS) is 1. The molecule has 13 nitrogen and oxygen atoms in total. The summed E-state index contributed by atoms with van der Waals surface area (Å²) in [7, 11) is 0. The molecule has 13 heteroatoms. The first-order valence-corrected chi connectivity index (χ1v) is 13.2. The third-order valence-electron chi connectivity index (χ3n) is 6.91. The number of nitrogens with one attached hydrogen (secondary N) is 2. The Bertz CT molecular complexity index is 1550. The standard InChI is InChI=1S/C28H28N6O7/c1-2-29-28(37)33-23-20-24(31-14-30-23)34(15-32-20)25-22-21(40-27(41-22)16-8-4-3-5-9-16)19(39-25)13-38-12-17-10-6-7-11-18(17)26(35)36/h3-11,14-15,19,21-22,25,27H,2,12-13H2,1H3,(H,35,36)(H2,29,30,31,33,37)/t19?,21?,22?,25?,27-/m0/s1. The lowest BCUT2D eigenvalue weighted by atomic mass is 10.1. The zero-order valence-corrected chi connectivity index (χ0v) is 22.0. The van der Waals surface area contributed by atoms with Crippen molar-refractivity contribution in [2.75, 3.05) is 18.5 Å². The van der Waals surface area contributed by atoms with Crippen LogP contribution in [0.2, 0.25) is 0 Å². The highest BCUT2D eigenvalue weighted by molar-refractivity contribution is 5.95. The predicted molar refractivity (Wildman–Crippen MR) is 144 cm³/mol. The molecule has 0 saturated carbocycles. The number of fused-ring (bicyclic) bond motifs is 2. The monoisotopic (exact) mass is 560 g/mol. The molecule has 2 saturated heterocycles. The van der Waals surface area contributed by atoms with Gasteiger partial charge in [-0.2, -0.15) is 0 Å². The second kappa shape index (κ2) is 11.6. The Morgan fingerprint density at radius 2 is 1.78 bits per heavy atom. The first kappa shape index (κ1) is 26.8. The molecule has 2 amide bonds. The van der Waals surface area contributed by atoms with Crippen LogP contribution in [0.3, 0.4) is 0 Å². The third-order valence-corrected chi connectivity index (χ3v) is 6.91. The number of carbonyl (C=O) groups excluding carboxylic acids is 1. The number of rotatable bonds is 9. The first-order chi connectivity index (χ1) is 20.0. The molecular formula is C28H28N6O7. The van der Waals surface area contributed by atoms with Gasteiger partial charge in [0.1, 0.15) is 24.6 Å². The molecule has 3 N–H and O–H groups in total. The van der Waals surface area contributed by atoms with Crippen LogP contribution < -0.4 is 10.6 Å². The zero-order valence-electron chi connectivity index (χ0n) is 22.0. The van der Waals surface area contributed by atoms with Crippen molar-refractivity contribution < 1.29 is 33.6 Å². The van der Waals surface area contributed by atoms with Crippen molar-refractivity contribution in [2.45, 2.75) is 44.4 Å². The van der Waals surface area contributed by atoms with Crippen LogP contribution in [0.5, 0.6) is 0 Å². The highest BCUT2D eigenvalue weighted by Gasteiger charge is 2.54. The van der Waals surface area contributed by atoms with E-state index in [9.17, 15) is 14.7 Å². The zero-order chi connectivity index (χ0) is 28.3. The van der Waals surface area contributed by atoms with E-state index in [0.717, 1.165) is 5.56 Å². The molecule has 212 valence electrons. The molecule has 0 bridgehead atoms. The fraction of sp³-hybridized carbons (Fsp3) is 0.321. The van der Waals surface area contributed by atoms with Crippen LogP contribution in [0.1, 0.15) is 40.9 Å². The van der Waals surface area contributed by atoms with Crippen molar-refractivity contribution in [2.24, 2.45) is 0 Å². The van der Waals surface area contributed by atoms with Gasteiger partial charge in [-0.3, -0.25) is 9.88 Å². The van der Waals surface area contributed by atoms with Gasteiger partial charge in [0.25, 0.3) is 0 Å². The SMILES string of the molecule is CCNC(=O)Nc1ncnc2c1ncn2C1OC(COCc2ccccc2C(=O)O)C2O[C@H](c3ccccc3)OC21. The molecule has 5 atom stereocenters. The Labute approximate surface area is 234 Å². The van der Waals surface area contributed by atoms with Gasteiger partial charge in [-0.1, -0.05) is 48.5 Å². The number of hydrogen-bond donors (Lipinski definition) is 3. The molecule has 2 aromatic carbocycles. The van der Waals surface area contributed by atoms with Crippen LogP contribution in [-0.2, 0) is 25.6 Å². The van der Waals surface area contributed by atoms with E-state index in [1.54, 1.807) is 35.2 Å². The maximum absolute atomic E-state index is 12.1. The van der Waals surface area contributed by atoms with Gasteiger partial charge in [0.2, 0.25) is 0 Å². The highest BCUT2D eigenvalue weighted by atomic mass is 16.8. The molecule has 0 aliphatic carbocycles. The molecule has 0 radical (unpaired) electrons. The van der Waals surface area contributed by atoms with E-state index >= 15 is 0 Å². The highest BCUT2D eigenvalue weighted by Crippen LogP contribution is 2.45. The van der Waals surface area contributed by atoms with Crippen molar-refractivity contribution in [3.63, 3.8) is 0 Å². The smallest absolute Gasteiger partial charge is 0.336 e. The number of ether oxygens (including phenoxy) is 4. The lowest BCUT2D eigenvalue weighted by Crippen LogP contribution is -2.31. The maximum Gasteiger partial charge on any atom is 0.336 e. The van der Waals surface area contributed by atoms with E-state index in [1.165, 1.54) is 6.33 Å². The summed E-state index contributed by atoms with van der Waals surface area (Å²) in [4.78, 5) is 36.7. The molecule has 2 aliphatic heterocycles. The largest absolute Gasteiger partial charge is 0.478 e. The number of aromatic nitrogens is 4. The molecule has 2 aromatic heterocycles. The molecule has 4 aromatic rings. The van der Waals surface area contributed by atoms with Gasteiger partial charge in [-0.15, -0.1) is 0 Å². The molecular weight excluding hydrogens is 532 g/mol. The average molecular weight is 561 g/mol. The van der Waals surface area contributed by atoms with Crippen LogP contribution >= 0.6 is 0 Å². The molecule has 2 aliphatic rings. The van der Waals surface area contributed by atoms with Crippen molar-refractivity contribution in [1.82, 2.24) is 24.8 Å². The lowest BCUT2D eigenvalue weighted by molar-refractivity contribution is -0.158. The van der Waals surface area contributed by atoms with E-state index in [2.05, 4.69) is 25.6 Å². The van der Waals surface area contributed by atoms with Gasteiger partial charge < -0.3 is 29.4 Å². The van der Waals surface area contributed by atoms with Crippen molar-refractivity contribution in [3.8, 4) is 0 Å². The Hall–Kier alpha value is -4.43. The van der Waals surface area contributed by atoms with E-state index in [1.807, 2.05) is 37.3 Å². The van der Waals surface area contributed by atoms with Crippen molar-refractivity contribution >= 4 is 29.0 Å². The van der Waals surface area contributed by atoms with Gasteiger partial charge in [0.15, 0.2) is 29.5 Å². The summed E-state index contributed by atoms with van der Waals surface area (Å²) in [5.74, 6) is -0.758. The van der Waals surface area contributed by atoms with Gasteiger partial charge in [-0.05, 0) is 18.6 Å². The van der Waals surface area contributed by atoms with Crippen molar-refractivity contribution in [3.05, 3.63) is 83.9 Å². The summed E-state index contributed by atoms with van der Waals surface area (Å²) in [5, 5.41) is 14.9. The normalized spacial score (nSPS) is 23.4. The molecule has 41 heavy (non-hydrogen) atoms. The van der Waals surface area contributed by atoms with E-state index < -0.39 is 42.8 Å². The van der Waals surface area contributed by atoms with Crippen LogP contribution in [-0.4, -0.2) is 68.1 Å². The third kappa shape index (κ3) is 5.35. The van der Waals surface area contributed by atoms with Crippen LogP contribution in [0.15, 0.2) is 67.3 Å². The second-order valence-corrected chi connectivity index (χ2v) is 9.52. The van der Waals surface area contributed by atoms with Crippen molar-refractivity contribution in [1.29, 1.82) is 0 Å². The van der Waals surface area contributed by atoms with Crippen LogP contribution in [0.25, 0.3) is 11.2 Å². The minimum absolute atomic E-state index is 0.0867. The Morgan fingerprint density at radius 3 is 2.59 bits per heavy atom. The quantitative estimate of drug-likeness (QED) is 0.277. The number of carbonyl (C=O) groups is 2. The fourth-order valence-electron chi connectivity index (χ4n) is 5.04. The summed E-state index contributed by atoms with van der Waals surface area (Å²) in [6.07, 6.45) is 0.0453. The van der Waals surface area contributed by atoms with Gasteiger partial charge in [0.05, 0.1) is 25.1 Å². The summed E-state index contributed by atoms with van der Waals surface area (Å²) in [5.41, 5.74) is 2.44. The topological polar surface area (TPSA) is 159 Å². The summed E-state index contributed by atoms with van der Waals surface area (Å²) in [6, 6.07) is 15.9. The first-order valence-electron chi connectivity index (χ1n) is 13.2. The second-order valence-electron chi connectivity index (χ2n) is 9.52. The number of nitrogens with zero attached hydrogens (tertiary/aromatic N) is 4. The van der Waals surface area contributed by atoms with E-state index in [0.29, 0.717) is 23.3 Å². The molecule has 4 heterocycles. The number of imidazole rings is 1. The van der Waals surface area contributed by atoms with Gasteiger partial charge in [-0.25, -0.2) is 24.5 Å². The maximum atomic E-state index is 12.1. The van der Waals surface area contributed by atoms with Gasteiger partial charge in [0, 0.05) is 12.1 Å². The fourth-order valence-corrected chi connectivity index (χ4v) is 5.04. The predicted octanol–water partition coefficient (Wildman–Crippen LogP) is 3.26. The Morgan fingerprint density at radius 1 is 1.00 bits per heavy atom. The minimum Gasteiger partial charge on any atom is -0.478 e. The van der Waals surface area contributed by atoms with Crippen LogP contribution in [0.4, 0.5) is 10.6 Å². The Kier molecular flexibility index (Phi) is 7.57. The average Bonchev–Trinajstić information content (AvgIpc) is 3.69. The summed E-state index contributed by atoms with van der Waals surface area (Å²) < 4.78 is 26.8. The minimum atomic E-state index is -1.02. The molecule has 2 fully saturated rings. The molecule has 6 rings (SSSR count). The number of urea groups is 1. The molecule has 0 spiro atoms. The number of benzene rings is 2. The molecule has 4 unspecified atom stereocenters. The number of carboxylic acids is 1.